The van der Waals surface area contributed by atoms with Gasteiger partial charge in [-0.2, -0.15) is 9.94 Å². The fourth-order valence-electron chi connectivity index (χ4n) is 1.50. The standard InChI is InChI=1S/C12H13N5OS/c1-3-18-11-7-5-4-6-10(11)17-12(14-15-16-17)19-9(2)8-13/h4-7,9H,3H2,1-2H3. The smallest absolute Gasteiger partial charge is 0.215 e. The van der Waals surface area contributed by atoms with Crippen molar-refractivity contribution in [3.8, 4) is 17.5 Å². The van der Waals surface area contributed by atoms with Gasteiger partial charge >= 0.3 is 0 Å². The van der Waals surface area contributed by atoms with Crippen LogP contribution in [0.15, 0.2) is 29.4 Å². The Bertz CT molecular complexity index is 592. The summed E-state index contributed by atoms with van der Waals surface area (Å²) < 4.78 is 7.14. The Labute approximate surface area is 115 Å². The average molecular weight is 275 g/mol. The fraction of sp³-hybridized carbons (Fsp3) is 0.333. The first-order chi connectivity index (χ1) is 9.26. The van der Waals surface area contributed by atoms with E-state index in [0.29, 0.717) is 17.5 Å². The molecule has 0 N–H and O–H groups in total. The van der Waals surface area contributed by atoms with Crippen LogP contribution in [0.5, 0.6) is 5.75 Å². The minimum absolute atomic E-state index is 0.219. The first kappa shape index (κ1) is 13.4. The van der Waals surface area contributed by atoms with Crippen LogP contribution < -0.4 is 4.74 Å². The number of thioether (sulfide) groups is 1. The second kappa shape index (κ2) is 6.20. The van der Waals surface area contributed by atoms with E-state index in [1.165, 1.54) is 11.8 Å². The summed E-state index contributed by atoms with van der Waals surface area (Å²) in [5, 5.41) is 20.8. The Morgan fingerprint density at radius 1 is 1.47 bits per heavy atom. The molecular weight excluding hydrogens is 262 g/mol. The van der Waals surface area contributed by atoms with Crippen LogP contribution in [0, 0.1) is 11.3 Å². The predicted octanol–water partition coefficient (Wildman–Crippen LogP) is 2.07. The molecule has 0 saturated heterocycles. The molecule has 6 nitrogen and oxygen atoms in total. The Hall–Kier alpha value is -2.07. The second-order valence-corrected chi connectivity index (χ2v) is 4.97. The molecule has 0 fully saturated rings. The van der Waals surface area contributed by atoms with Gasteiger partial charge in [0.25, 0.3) is 0 Å². The molecule has 1 aromatic heterocycles. The number of nitriles is 1. The van der Waals surface area contributed by atoms with Crippen molar-refractivity contribution in [2.45, 2.75) is 24.3 Å². The van der Waals surface area contributed by atoms with Gasteiger partial charge in [0.05, 0.1) is 17.9 Å². The minimum atomic E-state index is -0.219. The molecule has 19 heavy (non-hydrogen) atoms. The van der Waals surface area contributed by atoms with Gasteiger partial charge in [0, 0.05) is 0 Å². The van der Waals surface area contributed by atoms with Gasteiger partial charge in [0.1, 0.15) is 11.4 Å². The van der Waals surface area contributed by atoms with E-state index in [1.54, 1.807) is 11.6 Å². The van der Waals surface area contributed by atoms with Crippen LogP contribution in [0.4, 0.5) is 0 Å². The minimum Gasteiger partial charge on any atom is -0.492 e. The fourth-order valence-corrected chi connectivity index (χ4v) is 2.19. The van der Waals surface area contributed by atoms with E-state index < -0.39 is 0 Å². The summed E-state index contributed by atoms with van der Waals surface area (Å²) in [6.07, 6.45) is 0. The first-order valence-electron chi connectivity index (χ1n) is 5.83. The zero-order valence-electron chi connectivity index (χ0n) is 10.6. The molecule has 7 heteroatoms. The van der Waals surface area contributed by atoms with Gasteiger partial charge in [-0.1, -0.05) is 23.9 Å². The van der Waals surface area contributed by atoms with Gasteiger partial charge in [0.15, 0.2) is 0 Å². The summed E-state index contributed by atoms with van der Waals surface area (Å²) in [5.41, 5.74) is 0.766. The van der Waals surface area contributed by atoms with Gasteiger partial charge in [-0.15, -0.1) is 5.10 Å². The molecule has 2 rings (SSSR count). The second-order valence-electron chi connectivity index (χ2n) is 3.66. The van der Waals surface area contributed by atoms with E-state index in [1.807, 2.05) is 31.2 Å². The number of benzene rings is 1. The van der Waals surface area contributed by atoms with Gasteiger partial charge in [-0.05, 0) is 36.4 Å². The van der Waals surface area contributed by atoms with E-state index in [-0.39, 0.29) is 5.25 Å². The molecule has 98 valence electrons. The highest BCUT2D eigenvalue weighted by molar-refractivity contribution is 8.00. The predicted molar refractivity (Wildman–Crippen MR) is 71.3 cm³/mol. The van der Waals surface area contributed by atoms with Crippen LogP contribution in [0.25, 0.3) is 5.69 Å². The zero-order chi connectivity index (χ0) is 13.7. The lowest BCUT2D eigenvalue weighted by Crippen LogP contribution is -2.04. The Morgan fingerprint density at radius 2 is 2.26 bits per heavy atom. The molecule has 1 heterocycles. The number of para-hydroxylation sites is 2. The van der Waals surface area contributed by atoms with Gasteiger partial charge in [0.2, 0.25) is 5.16 Å². The van der Waals surface area contributed by atoms with E-state index >= 15 is 0 Å². The number of aromatic nitrogens is 4. The van der Waals surface area contributed by atoms with Crippen molar-refractivity contribution in [2.75, 3.05) is 6.61 Å². The van der Waals surface area contributed by atoms with Crippen LogP contribution in [0.3, 0.4) is 0 Å². The van der Waals surface area contributed by atoms with Crippen LogP contribution in [-0.4, -0.2) is 32.1 Å². The molecule has 0 radical (unpaired) electrons. The van der Waals surface area contributed by atoms with Crippen molar-refractivity contribution in [2.24, 2.45) is 0 Å². The molecule has 0 amide bonds. The lowest BCUT2D eigenvalue weighted by atomic mass is 10.3. The molecule has 0 saturated carbocycles. The van der Waals surface area contributed by atoms with Crippen molar-refractivity contribution in [1.29, 1.82) is 5.26 Å². The van der Waals surface area contributed by atoms with Gasteiger partial charge in [-0.25, -0.2) is 0 Å². The number of rotatable bonds is 5. The Kier molecular flexibility index (Phi) is 4.36. The quantitative estimate of drug-likeness (QED) is 0.777. The normalized spacial score (nSPS) is 11.8. The number of hydrogen-bond donors (Lipinski definition) is 0. The molecule has 0 aliphatic carbocycles. The monoisotopic (exact) mass is 275 g/mol. The average Bonchev–Trinajstić information content (AvgIpc) is 2.87. The first-order valence-corrected chi connectivity index (χ1v) is 6.71. The molecule has 0 aliphatic rings. The number of hydrogen-bond acceptors (Lipinski definition) is 6. The van der Waals surface area contributed by atoms with Crippen molar-refractivity contribution in [3.63, 3.8) is 0 Å². The Morgan fingerprint density at radius 3 is 3.00 bits per heavy atom. The van der Waals surface area contributed by atoms with Crippen LogP contribution in [0.1, 0.15) is 13.8 Å². The molecule has 1 unspecified atom stereocenters. The van der Waals surface area contributed by atoms with E-state index in [9.17, 15) is 0 Å². The zero-order valence-corrected chi connectivity index (χ0v) is 11.5. The van der Waals surface area contributed by atoms with Gasteiger partial charge < -0.3 is 4.74 Å². The molecule has 0 spiro atoms. The maximum Gasteiger partial charge on any atom is 0.215 e. The SMILES string of the molecule is CCOc1ccccc1-n1nnnc1SC(C)C#N. The third-order valence-electron chi connectivity index (χ3n) is 2.30. The summed E-state index contributed by atoms with van der Waals surface area (Å²) in [6, 6.07) is 9.67. The van der Waals surface area contributed by atoms with E-state index in [0.717, 1.165) is 5.69 Å². The highest BCUT2D eigenvalue weighted by Gasteiger charge is 2.15. The van der Waals surface area contributed by atoms with E-state index in [2.05, 4.69) is 21.6 Å². The van der Waals surface area contributed by atoms with Crippen LogP contribution in [-0.2, 0) is 0 Å². The Balaban J connectivity index is 2.37. The summed E-state index contributed by atoms with van der Waals surface area (Å²) in [7, 11) is 0. The largest absolute Gasteiger partial charge is 0.492 e. The molecule has 2 aromatic rings. The highest BCUT2D eigenvalue weighted by atomic mass is 32.2. The third kappa shape index (κ3) is 3.03. The number of nitrogens with zero attached hydrogens (tertiary/aromatic N) is 5. The summed E-state index contributed by atoms with van der Waals surface area (Å²) >= 11 is 1.31. The molecule has 0 aliphatic heterocycles. The van der Waals surface area contributed by atoms with Crippen molar-refractivity contribution in [1.82, 2.24) is 20.2 Å². The van der Waals surface area contributed by atoms with Crippen LogP contribution >= 0.6 is 11.8 Å². The molecular formula is C12H13N5OS. The van der Waals surface area contributed by atoms with Crippen molar-refractivity contribution >= 4 is 11.8 Å². The van der Waals surface area contributed by atoms with Crippen molar-refractivity contribution < 1.29 is 4.74 Å². The maximum absolute atomic E-state index is 8.86. The van der Waals surface area contributed by atoms with Gasteiger partial charge in [-0.3, -0.25) is 0 Å². The molecule has 0 bridgehead atoms. The number of tetrazole rings is 1. The maximum atomic E-state index is 8.86. The summed E-state index contributed by atoms with van der Waals surface area (Å²) in [5.74, 6) is 0.712. The molecule has 1 atom stereocenters. The summed E-state index contributed by atoms with van der Waals surface area (Å²) in [4.78, 5) is 0. The van der Waals surface area contributed by atoms with E-state index in [4.69, 9.17) is 10.00 Å². The third-order valence-corrected chi connectivity index (χ3v) is 3.22. The lowest BCUT2D eigenvalue weighted by Gasteiger charge is -2.10. The lowest BCUT2D eigenvalue weighted by molar-refractivity contribution is 0.337. The highest BCUT2D eigenvalue weighted by Crippen LogP contribution is 2.27. The molecule has 1 aromatic carbocycles. The van der Waals surface area contributed by atoms with Crippen molar-refractivity contribution in [3.05, 3.63) is 24.3 Å². The summed E-state index contributed by atoms with van der Waals surface area (Å²) in [6.45, 7) is 4.29. The van der Waals surface area contributed by atoms with Crippen LogP contribution in [0.2, 0.25) is 0 Å². The number of ether oxygens (including phenoxy) is 1. The topological polar surface area (TPSA) is 76.6 Å².